The Morgan fingerprint density at radius 3 is 2.48 bits per heavy atom. The lowest BCUT2D eigenvalue weighted by Gasteiger charge is -2.35. The lowest BCUT2D eigenvalue weighted by Crippen LogP contribution is -2.44. The molecule has 0 aromatic heterocycles. The molecular weight excluding hydrogens is 294 g/mol. The molecule has 1 aromatic rings. The van der Waals surface area contributed by atoms with Crippen LogP contribution in [0.4, 0.5) is 14.5 Å². The molecule has 1 aliphatic rings. The summed E-state index contributed by atoms with van der Waals surface area (Å²) in [6.45, 7) is 3.74. The van der Waals surface area contributed by atoms with Gasteiger partial charge in [0, 0.05) is 10.6 Å². The number of alkyl halides is 2. The average molecular weight is 314 g/mol. The number of amides is 1. The van der Waals surface area contributed by atoms with Crippen molar-refractivity contribution in [3.05, 3.63) is 24.3 Å². The van der Waals surface area contributed by atoms with Gasteiger partial charge in [-0.25, -0.2) is 0 Å². The van der Waals surface area contributed by atoms with E-state index in [1.54, 1.807) is 24.3 Å². The standard InChI is InChI=1S/C15H20F2N2OS/c1-2-15(7-9-18-10-8-15)13(20)19-11-3-5-12(6-4-11)21-14(16)17/h3-6,14,18H,2,7-10H2,1H3,(H,19,20). The van der Waals surface area contributed by atoms with Gasteiger partial charge in [-0.2, -0.15) is 8.78 Å². The van der Waals surface area contributed by atoms with E-state index in [2.05, 4.69) is 10.6 Å². The fraction of sp³-hybridized carbons (Fsp3) is 0.533. The zero-order valence-corrected chi connectivity index (χ0v) is 12.8. The van der Waals surface area contributed by atoms with Crippen molar-refractivity contribution < 1.29 is 13.6 Å². The second-order valence-corrected chi connectivity index (χ2v) is 6.30. The lowest BCUT2D eigenvalue weighted by atomic mass is 9.76. The van der Waals surface area contributed by atoms with Crippen molar-refractivity contribution in [1.82, 2.24) is 5.32 Å². The predicted octanol–water partition coefficient (Wildman–Crippen LogP) is 3.72. The summed E-state index contributed by atoms with van der Waals surface area (Å²) in [6.07, 6.45) is 2.46. The van der Waals surface area contributed by atoms with Gasteiger partial charge in [-0.15, -0.1) is 0 Å². The molecule has 0 radical (unpaired) electrons. The molecule has 3 nitrogen and oxygen atoms in total. The summed E-state index contributed by atoms with van der Waals surface area (Å²) in [5.74, 6) is -2.40. The van der Waals surface area contributed by atoms with Crippen LogP contribution in [0, 0.1) is 5.41 Å². The largest absolute Gasteiger partial charge is 0.326 e. The van der Waals surface area contributed by atoms with Gasteiger partial charge in [0.05, 0.1) is 5.41 Å². The van der Waals surface area contributed by atoms with Gasteiger partial charge in [-0.3, -0.25) is 4.79 Å². The van der Waals surface area contributed by atoms with Gasteiger partial charge in [-0.1, -0.05) is 18.7 Å². The molecular formula is C15H20F2N2OS. The normalized spacial score (nSPS) is 17.7. The van der Waals surface area contributed by atoms with Crippen LogP contribution in [0.1, 0.15) is 26.2 Å². The SMILES string of the molecule is CCC1(C(=O)Nc2ccc(SC(F)F)cc2)CCNCC1. The fourth-order valence-electron chi connectivity index (χ4n) is 2.63. The number of nitrogens with one attached hydrogen (secondary N) is 2. The van der Waals surface area contributed by atoms with E-state index in [0.29, 0.717) is 22.3 Å². The van der Waals surface area contributed by atoms with Crippen LogP contribution in [-0.4, -0.2) is 24.8 Å². The van der Waals surface area contributed by atoms with Gasteiger partial charge in [-0.05, 0) is 56.6 Å². The number of carbonyl (C=O) groups excluding carboxylic acids is 1. The molecule has 0 saturated carbocycles. The minimum Gasteiger partial charge on any atom is -0.326 e. The number of thioether (sulfide) groups is 1. The highest BCUT2D eigenvalue weighted by Gasteiger charge is 2.37. The first kappa shape index (κ1) is 16.2. The van der Waals surface area contributed by atoms with Crippen LogP contribution >= 0.6 is 11.8 Å². The summed E-state index contributed by atoms with van der Waals surface area (Å²) in [4.78, 5) is 13.0. The summed E-state index contributed by atoms with van der Waals surface area (Å²) in [7, 11) is 0. The van der Waals surface area contributed by atoms with Crippen molar-refractivity contribution in [2.24, 2.45) is 5.41 Å². The maximum Gasteiger partial charge on any atom is 0.288 e. The van der Waals surface area contributed by atoms with E-state index < -0.39 is 5.76 Å². The number of halogens is 2. The lowest BCUT2D eigenvalue weighted by molar-refractivity contribution is -0.127. The molecule has 2 N–H and O–H groups in total. The molecule has 0 atom stereocenters. The summed E-state index contributed by atoms with van der Waals surface area (Å²) >= 11 is 0.504. The summed E-state index contributed by atoms with van der Waals surface area (Å²) in [6, 6.07) is 6.56. The Labute approximate surface area is 127 Å². The molecule has 1 aliphatic heterocycles. The number of hydrogen-bond acceptors (Lipinski definition) is 3. The van der Waals surface area contributed by atoms with Gasteiger partial charge < -0.3 is 10.6 Å². The van der Waals surface area contributed by atoms with Crippen molar-refractivity contribution >= 4 is 23.4 Å². The maximum absolute atomic E-state index is 12.5. The quantitative estimate of drug-likeness (QED) is 0.814. The monoisotopic (exact) mass is 314 g/mol. The van der Waals surface area contributed by atoms with Crippen LogP contribution in [0.5, 0.6) is 0 Å². The van der Waals surface area contributed by atoms with Crippen LogP contribution < -0.4 is 10.6 Å². The third-order valence-corrected chi connectivity index (χ3v) is 4.78. The van der Waals surface area contributed by atoms with Crippen LogP contribution in [0.15, 0.2) is 29.2 Å². The number of anilines is 1. The van der Waals surface area contributed by atoms with Crippen molar-refractivity contribution in [3.8, 4) is 0 Å². The van der Waals surface area contributed by atoms with Gasteiger partial charge in [0.1, 0.15) is 0 Å². The number of carbonyl (C=O) groups is 1. The predicted molar refractivity (Wildman–Crippen MR) is 81.8 cm³/mol. The van der Waals surface area contributed by atoms with Crippen LogP contribution in [-0.2, 0) is 4.79 Å². The first-order valence-corrected chi connectivity index (χ1v) is 8.01. The molecule has 116 valence electrons. The van der Waals surface area contributed by atoms with E-state index in [1.165, 1.54) is 0 Å². The number of hydrogen-bond donors (Lipinski definition) is 2. The van der Waals surface area contributed by atoms with Gasteiger partial charge >= 0.3 is 0 Å². The van der Waals surface area contributed by atoms with Gasteiger partial charge in [0.2, 0.25) is 5.91 Å². The molecule has 0 spiro atoms. The highest BCUT2D eigenvalue weighted by Crippen LogP contribution is 2.34. The van der Waals surface area contributed by atoms with Gasteiger partial charge in [0.15, 0.2) is 0 Å². The molecule has 0 aliphatic carbocycles. The van der Waals surface area contributed by atoms with Crippen LogP contribution in [0.25, 0.3) is 0 Å². The topological polar surface area (TPSA) is 41.1 Å². The molecule has 1 heterocycles. The average Bonchev–Trinajstić information content (AvgIpc) is 2.49. The van der Waals surface area contributed by atoms with Crippen LogP contribution in [0.2, 0.25) is 0 Å². The Bertz CT molecular complexity index is 473. The Morgan fingerprint density at radius 1 is 1.33 bits per heavy atom. The molecule has 1 amide bonds. The van der Waals surface area contributed by atoms with Crippen molar-refractivity contribution in [2.75, 3.05) is 18.4 Å². The van der Waals surface area contributed by atoms with Crippen LogP contribution in [0.3, 0.4) is 0 Å². The smallest absolute Gasteiger partial charge is 0.288 e. The summed E-state index contributed by atoms with van der Waals surface area (Å²) in [5.41, 5.74) is 0.340. The Morgan fingerprint density at radius 2 is 1.95 bits per heavy atom. The van der Waals surface area contributed by atoms with E-state index in [-0.39, 0.29) is 11.3 Å². The number of rotatable bonds is 5. The summed E-state index contributed by atoms with van der Waals surface area (Å²) < 4.78 is 24.5. The van der Waals surface area contributed by atoms with Gasteiger partial charge in [0.25, 0.3) is 5.76 Å². The summed E-state index contributed by atoms with van der Waals surface area (Å²) in [5, 5.41) is 6.18. The number of piperidine rings is 1. The Hall–Kier alpha value is -1.14. The Balaban J connectivity index is 2.01. The zero-order chi connectivity index (χ0) is 15.3. The number of benzene rings is 1. The molecule has 0 bridgehead atoms. The zero-order valence-electron chi connectivity index (χ0n) is 12.0. The minimum atomic E-state index is -2.43. The minimum absolute atomic E-state index is 0.0285. The van der Waals surface area contributed by atoms with Crippen molar-refractivity contribution in [1.29, 1.82) is 0 Å². The van der Waals surface area contributed by atoms with E-state index in [0.717, 1.165) is 32.4 Å². The van der Waals surface area contributed by atoms with E-state index >= 15 is 0 Å². The molecule has 21 heavy (non-hydrogen) atoms. The van der Waals surface area contributed by atoms with Crippen molar-refractivity contribution in [2.45, 2.75) is 36.8 Å². The van der Waals surface area contributed by atoms with E-state index in [4.69, 9.17) is 0 Å². The Kier molecular flexibility index (Phi) is 5.58. The fourth-order valence-corrected chi connectivity index (χ4v) is 3.13. The molecule has 1 fully saturated rings. The van der Waals surface area contributed by atoms with E-state index in [1.807, 2.05) is 6.92 Å². The second-order valence-electron chi connectivity index (χ2n) is 5.24. The highest BCUT2D eigenvalue weighted by molar-refractivity contribution is 7.99. The molecule has 6 heteroatoms. The molecule has 1 aromatic carbocycles. The molecule has 1 saturated heterocycles. The maximum atomic E-state index is 12.5. The third-order valence-electron chi connectivity index (χ3n) is 4.06. The van der Waals surface area contributed by atoms with Crippen molar-refractivity contribution in [3.63, 3.8) is 0 Å². The van der Waals surface area contributed by atoms with E-state index in [9.17, 15) is 13.6 Å². The molecule has 0 unspecified atom stereocenters. The molecule has 2 rings (SSSR count). The first-order chi connectivity index (χ1) is 10.1. The first-order valence-electron chi connectivity index (χ1n) is 7.13. The second kappa shape index (κ2) is 7.22. The highest BCUT2D eigenvalue weighted by atomic mass is 32.2. The third kappa shape index (κ3) is 4.17.